The van der Waals surface area contributed by atoms with Gasteiger partial charge in [0.05, 0.1) is 15.6 Å². The monoisotopic (exact) mass is 409 g/mol. The van der Waals surface area contributed by atoms with Crippen LogP contribution in [0.3, 0.4) is 0 Å². The number of nitrogen functional groups attached to an aromatic ring is 1. The smallest absolute Gasteiger partial charge is 0.294 e. The van der Waals surface area contributed by atoms with Gasteiger partial charge in [-0.05, 0) is 36.7 Å². The van der Waals surface area contributed by atoms with E-state index < -0.39 is 23.4 Å². The third-order valence-corrected chi connectivity index (χ3v) is 5.68. The number of anilines is 1. The van der Waals surface area contributed by atoms with E-state index in [9.17, 15) is 18.8 Å². The first-order valence-electron chi connectivity index (χ1n) is 8.17. The number of fused-ring (bicyclic) bond motifs is 1. The van der Waals surface area contributed by atoms with Gasteiger partial charge in [-0.25, -0.2) is 4.39 Å². The lowest BCUT2D eigenvalue weighted by molar-refractivity contribution is -0.136. The quantitative estimate of drug-likeness (QED) is 0.755. The van der Waals surface area contributed by atoms with Crippen molar-refractivity contribution in [3.8, 4) is 0 Å². The molecule has 0 aliphatic carbocycles. The summed E-state index contributed by atoms with van der Waals surface area (Å²) in [4.78, 5) is 39.8. The van der Waals surface area contributed by atoms with Crippen LogP contribution in [0.1, 0.15) is 26.4 Å². The van der Waals surface area contributed by atoms with Crippen molar-refractivity contribution in [2.24, 2.45) is 0 Å². The molecule has 0 spiro atoms. The lowest BCUT2D eigenvalue weighted by atomic mass is 10.0. The third-order valence-electron chi connectivity index (χ3n) is 4.33. The van der Waals surface area contributed by atoms with Crippen LogP contribution in [0.2, 0.25) is 5.02 Å². The molecule has 1 aromatic heterocycles. The molecular formula is C18H17ClFN3O3S. The van der Waals surface area contributed by atoms with Gasteiger partial charge >= 0.3 is 0 Å². The number of nitrogens with zero attached hydrogens (tertiary/aromatic N) is 1. The van der Waals surface area contributed by atoms with Gasteiger partial charge in [-0.15, -0.1) is 11.3 Å². The van der Waals surface area contributed by atoms with E-state index in [1.165, 1.54) is 23.5 Å². The zero-order valence-electron chi connectivity index (χ0n) is 14.5. The van der Waals surface area contributed by atoms with Crippen LogP contribution in [0.5, 0.6) is 0 Å². The Kier molecular flexibility index (Phi) is 5.59. The molecular weight excluding hydrogens is 393 g/mol. The Morgan fingerprint density at radius 1 is 1.37 bits per heavy atom. The number of imide groups is 1. The summed E-state index contributed by atoms with van der Waals surface area (Å²) in [5.74, 6) is -3.27. The van der Waals surface area contributed by atoms with Crippen molar-refractivity contribution in [1.82, 2.24) is 10.2 Å². The summed E-state index contributed by atoms with van der Waals surface area (Å²) in [5.41, 5.74) is 7.35. The molecule has 9 heteroatoms. The molecule has 0 unspecified atom stereocenters. The summed E-state index contributed by atoms with van der Waals surface area (Å²) in [6.45, 7) is 1.46. The SMILES string of the molecule is CN1CCc2c(sc(N)c2C(=O)NC(=O)C(=O)Cc2ccc(Cl)c(F)c2)C1. The molecule has 6 nitrogen and oxygen atoms in total. The van der Waals surface area contributed by atoms with Crippen molar-refractivity contribution in [2.75, 3.05) is 19.3 Å². The van der Waals surface area contributed by atoms with Gasteiger partial charge in [0.2, 0.25) is 5.78 Å². The highest BCUT2D eigenvalue weighted by Gasteiger charge is 2.28. The molecule has 2 heterocycles. The molecule has 3 rings (SSSR count). The summed E-state index contributed by atoms with van der Waals surface area (Å²) in [7, 11) is 1.97. The molecule has 142 valence electrons. The number of rotatable bonds is 4. The lowest BCUT2D eigenvalue weighted by Crippen LogP contribution is -2.37. The largest absolute Gasteiger partial charge is 0.390 e. The first-order chi connectivity index (χ1) is 12.8. The molecule has 0 saturated carbocycles. The highest BCUT2D eigenvalue weighted by molar-refractivity contribution is 7.16. The second kappa shape index (κ2) is 7.75. The standard InChI is InChI=1S/C18H17ClFN3O3S/c1-23-5-4-10-14(8-23)27-16(21)15(10)18(26)22-17(25)13(24)7-9-2-3-11(19)12(20)6-9/h2-3,6H,4-5,7-8,21H2,1H3,(H,22,25,26). The maximum Gasteiger partial charge on any atom is 0.294 e. The number of hydrogen-bond donors (Lipinski definition) is 2. The van der Waals surface area contributed by atoms with Gasteiger partial charge in [0, 0.05) is 24.4 Å². The molecule has 0 bridgehead atoms. The Morgan fingerprint density at radius 2 is 2.11 bits per heavy atom. The summed E-state index contributed by atoms with van der Waals surface area (Å²) < 4.78 is 13.4. The Hall–Kier alpha value is -2.29. The molecule has 1 aliphatic heterocycles. The molecule has 1 aliphatic rings. The van der Waals surface area contributed by atoms with Gasteiger partial charge in [0.1, 0.15) is 5.82 Å². The van der Waals surface area contributed by atoms with Gasteiger partial charge in [0.25, 0.3) is 11.8 Å². The highest BCUT2D eigenvalue weighted by Crippen LogP contribution is 2.34. The Bertz CT molecular complexity index is 944. The molecule has 2 aromatic rings. The minimum atomic E-state index is -1.05. The van der Waals surface area contributed by atoms with Crippen LogP contribution in [-0.4, -0.2) is 36.1 Å². The minimum Gasteiger partial charge on any atom is -0.390 e. The van der Waals surface area contributed by atoms with Gasteiger partial charge in [0.15, 0.2) is 0 Å². The average molecular weight is 410 g/mol. The number of hydrogen-bond acceptors (Lipinski definition) is 6. The fourth-order valence-electron chi connectivity index (χ4n) is 2.95. The van der Waals surface area contributed by atoms with Crippen LogP contribution >= 0.6 is 22.9 Å². The van der Waals surface area contributed by atoms with Gasteiger partial charge in [-0.3, -0.25) is 19.7 Å². The minimum absolute atomic E-state index is 0.0748. The predicted molar refractivity (Wildman–Crippen MR) is 101 cm³/mol. The van der Waals surface area contributed by atoms with Gasteiger partial charge in [-0.1, -0.05) is 17.7 Å². The maximum absolute atomic E-state index is 13.4. The van der Waals surface area contributed by atoms with Crippen molar-refractivity contribution in [3.63, 3.8) is 0 Å². The third kappa shape index (κ3) is 4.18. The molecule has 0 atom stereocenters. The van der Waals surface area contributed by atoms with Crippen LogP contribution in [-0.2, 0) is 29.0 Å². The highest BCUT2D eigenvalue weighted by atomic mass is 35.5. The zero-order valence-corrected chi connectivity index (χ0v) is 16.0. The Morgan fingerprint density at radius 3 is 2.81 bits per heavy atom. The van der Waals surface area contributed by atoms with E-state index in [0.717, 1.165) is 23.1 Å². The number of benzene rings is 1. The first-order valence-corrected chi connectivity index (χ1v) is 9.36. The van der Waals surface area contributed by atoms with E-state index in [-0.39, 0.29) is 17.0 Å². The van der Waals surface area contributed by atoms with E-state index in [1.54, 1.807) is 0 Å². The van der Waals surface area contributed by atoms with E-state index in [4.69, 9.17) is 17.3 Å². The van der Waals surface area contributed by atoms with Crippen LogP contribution in [0.25, 0.3) is 0 Å². The first kappa shape index (κ1) is 19.5. The second-order valence-corrected chi connectivity index (χ2v) is 7.91. The number of halogens is 2. The fraction of sp³-hybridized carbons (Fsp3) is 0.278. The van der Waals surface area contributed by atoms with Crippen molar-refractivity contribution in [1.29, 1.82) is 0 Å². The fourth-order valence-corrected chi connectivity index (χ4v) is 4.27. The number of Topliss-reactive ketones (excluding diaryl/α,β-unsaturated/α-hetero) is 1. The van der Waals surface area contributed by atoms with E-state index >= 15 is 0 Å². The topological polar surface area (TPSA) is 92.5 Å². The maximum atomic E-state index is 13.4. The van der Waals surface area contributed by atoms with Gasteiger partial charge in [-0.2, -0.15) is 0 Å². The number of ketones is 1. The molecule has 3 N–H and O–H groups in total. The number of carbonyl (C=O) groups is 3. The van der Waals surface area contributed by atoms with Crippen molar-refractivity contribution < 1.29 is 18.8 Å². The number of likely N-dealkylation sites (N-methyl/N-ethyl adjacent to an activating group) is 1. The molecule has 1 aromatic carbocycles. The molecule has 0 fully saturated rings. The second-order valence-electron chi connectivity index (χ2n) is 6.36. The van der Waals surface area contributed by atoms with Crippen LogP contribution < -0.4 is 11.1 Å². The summed E-state index contributed by atoms with van der Waals surface area (Å²) >= 11 is 6.90. The van der Waals surface area contributed by atoms with Gasteiger partial charge < -0.3 is 10.6 Å². The average Bonchev–Trinajstić information content (AvgIpc) is 2.92. The summed E-state index contributed by atoms with van der Waals surface area (Å²) in [6.07, 6.45) is 0.309. The zero-order chi connectivity index (χ0) is 19.7. The van der Waals surface area contributed by atoms with Crippen molar-refractivity contribution in [2.45, 2.75) is 19.4 Å². The number of nitrogens with two attached hydrogens (primary N) is 1. The summed E-state index contributed by atoms with van der Waals surface area (Å²) in [5, 5.41) is 2.35. The van der Waals surface area contributed by atoms with E-state index in [0.29, 0.717) is 23.5 Å². The van der Waals surface area contributed by atoms with Crippen LogP contribution in [0, 0.1) is 5.82 Å². The summed E-state index contributed by atoms with van der Waals surface area (Å²) in [6, 6.07) is 3.83. The van der Waals surface area contributed by atoms with E-state index in [2.05, 4.69) is 10.2 Å². The van der Waals surface area contributed by atoms with Crippen LogP contribution in [0.15, 0.2) is 18.2 Å². The normalized spacial score (nSPS) is 13.9. The Labute approximate surface area is 164 Å². The predicted octanol–water partition coefficient (Wildman–Crippen LogP) is 2.18. The molecule has 0 radical (unpaired) electrons. The van der Waals surface area contributed by atoms with Crippen molar-refractivity contribution in [3.05, 3.63) is 50.6 Å². The molecule has 27 heavy (non-hydrogen) atoms. The Balaban J connectivity index is 1.70. The van der Waals surface area contributed by atoms with Crippen LogP contribution in [0.4, 0.5) is 9.39 Å². The number of amides is 2. The van der Waals surface area contributed by atoms with Crippen molar-refractivity contribution >= 4 is 45.5 Å². The number of nitrogens with one attached hydrogen (secondary N) is 1. The number of carbonyl (C=O) groups excluding carboxylic acids is 3. The van der Waals surface area contributed by atoms with E-state index in [1.807, 2.05) is 7.05 Å². The molecule has 2 amide bonds. The number of thiophene rings is 1. The lowest BCUT2D eigenvalue weighted by Gasteiger charge is -2.22. The molecule has 0 saturated heterocycles.